The highest BCUT2D eigenvalue weighted by molar-refractivity contribution is 4.83. The highest BCUT2D eigenvalue weighted by Crippen LogP contribution is 2.29. The summed E-state index contributed by atoms with van der Waals surface area (Å²) >= 11 is 0. The largest absolute Gasteiger partial charge is 0.390 e. The van der Waals surface area contributed by atoms with Crippen LogP contribution in [-0.2, 0) is 0 Å². The van der Waals surface area contributed by atoms with Gasteiger partial charge in [-0.15, -0.1) is 0 Å². The van der Waals surface area contributed by atoms with Gasteiger partial charge in [0.25, 0.3) is 0 Å². The molecular weight excluding hydrogens is 164 g/mol. The van der Waals surface area contributed by atoms with Crippen molar-refractivity contribution in [1.82, 2.24) is 0 Å². The first kappa shape index (κ1) is 11.0. The van der Waals surface area contributed by atoms with E-state index in [9.17, 15) is 10.2 Å². The number of hydrogen-bond acceptors (Lipinski definition) is 2. The smallest absolute Gasteiger partial charge is 0.0852 e. The molecule has 0 heterocycles. The minimum Gasteiger partial charge on any atom is -0.390 e. The molecule has 0 aromatic carbocycles. The van der Waals surface area contributed by atoms with Crippen LogP contribution >= 0.6 is 0 Å². The van der Waals surface area contributed by atoms with Crippen LogP contribution in [0.5, 0.6) is 0 Å². The fourth-order valence-electron chi connectivity index (χ4n) is 2.20. The van der Waals surface area contributed by atoms with Gasteiger partial charge in [0.15, 0.2) is 0 Å². The van der Waals surface area contributed by atoms with Crippen LogP contribution in [0.25, 0.3) is 0 Å². The summed E-state index contributed by atoms with van der Waals surface area (Å²) < 4.78 is 0. The lowest BCUT2D eigenvalue weighted by atomic mass is 9.85. The summed E-state index contributed by atoms with van der Waals surface area (Å²) in [6, 6.07) is 0. The molecule has 0 amide bonds. The SMILES string of the molecule is CC(C)(O)C(O)C1CCCCCC1. The zero-order chi connectivity index (χ0) is 9.90. The predicted molar refractivity (Wildman–Crippen MR) is 53.5 cm³/mol. The number of rotatable bonds is 2. The highest BCUT2D eigenvalue weighted by Gasteiger charge is 2.32. The van der Waals surface area contributed by atoms with Crippen LogP contribution in [0.15, 0.2) is 0 Å². The van der Waals surface area contributed by atoms with Gasteiger partial charge in [-0.05, 0) is 32.6 Å². The molecule has 0 bridgehead atoms. The van der Waals surface area contributed by atoms with Gasteiger partial charge in [-0.1, -0.05) is 25.7 Å². The Kier molecular flexibility index (Phi) is 3.74. The van der Waals surface area contributed by atoms with Crippen molar-refractivity contribution in [2.45, 2.75) is 64.1 Å². The third-order valence-corrected chi connectivity index (χ3v) is 3.07. The van der Waals surface area contributed by atoms with Crippen molar-refractivity contribution in [3.8, 4) is 0 Å². The van der Waals surface area contributed by atoms with E-state index >= 15 is 0 Å². The summed E-state index contributed by atoms with van der Waals surface area (Å²) in [6.07, 6.45) is 6.58. The van der Waals surface area contributed by atoms with Gasteiger partial charge < -0.3 is 10.2 Å². The molecule has 2 heteroatoms. The molecule has 1 rings (SSSR count). The van der Waals surface area contributed by atoms with E-state index in [0.717, 1.165) is 12.8 Å². The maximum Gasteiger partial charge on any atom is 0.0852 e. The lowest BCUT2D eigenvalue weighted by Gasteiger charge is -2.31. The van der Waals surface area contributed by atoms with Gasteiger partial charge in [-0.3, -0.25) is 0 Å². The molecule has 1 saturated carbocycles. The zero-order valence-electron chi connectivity index (χ0n) is 8.79. The van der Waals surface area contributed by atoms with Crippen LogP contribution < -0.4 is 0 Å². The van der Waals surface area contributed by atoms with Crippen LogP contribution in [0.2, 0.25) is 0 Å². The van der Waals surface area contributed by atoms with Crippen molar-refractivity contribution in [2.24, 2.45) is 5.92 Å². The van der Waals surface area contributed by atoms with Gasteiger partial charge in [0.1, 0.15) is 0 Å². The summed E-state index contributed by atoms with van der Waals surface area (Å²) in [5, 5.41) is 19.6. The molecule has 0 radical (unpaired) electrons. The number of aliphatic hydroxyl groups excluding tert-OH is 1. The third kappa shape index (κ3) is 3.28. The summed E-state index contributed by atoms with van der Waals surface area (Å²) in [5.74, 6) is 0.308. The van der Waals surface area contributed by atoms with Crippen molar-refractivity contribution in [2.75, 3.05) is 0 Å². The van der Waals surface area contributed by atoms with Crippen LogP contribution in [0.3, 0.4) is 0 Å². The fraction of sp³-hybridized carbons (Fsp3) is 1.00. The predicted octanol–water partition coefficient (Wildman–Crippen LogP) is 2.09. The second kappa shape index (κ2) is 4.43. The Morgan fingerprint density at radius 1 is 1.08 bits per heavy atom. The topological polar surface area (TPSA) is 40.5 Å². The molecule has 1 fully saturated rings. The molecule has 0 spiro atoms. The van der Waals surface area contributed by atoms with Crippen molar-refractivity contribution in [3.63, 3.8) is 0 Å². The lowest BCUT2D eigenvalue weighted by Crippen LogP contribution is -2.41. The zero-order valence-corrected chi connectivity index (χ0v) is 8.79. The Bertz CT molecular complexity index is 141. The molecule has 0 aromatic rings. The van der Waals surface area contributed by atoms with E-state index in [-0.39, 0.29) is 0 Å². The van der Waals surface area contributed by atoms with E-state index in [0.29, 0.717) is 5.92 Å². The third-order valence-electron chi connectivity index (χ3n) is 3.07. The molecule has 1 unspecified atom stereocenters. The molecule has 0 saturated heterocycles. The van der Waals surface area contributed by atoms with E-state index < -0.39 is 11.7 Å². The van der Waals surface area contributed by atoms with Gasteiger partial charge in [0, 0.05) is 0 Å². The Balaban J connectivity index is 2.48. The molecule has 1 aliphatic rings. The average molecular weight is 186 g/mol. The number of aliphatic hydroxyl groups is 2. The van der Waals surface area contributed by atoms with E-state index in [1.54, 1.807) is 13.8 Å². The standard InChI is InChI=1S/C11H22O2/c1-11(2,13)10(12)9-7-5-3-4-6-8-9/h9-10,12-13H,3-8H2,1-2H3. The minimum atomic E-state index is -0.936. The van der Waals surface area contributed by atoms with Gasteiger partial charge in [0.05, 0.1) is 11.7 Å². The van der Waals surface area contributed by atoms with Crippen molar-refractivity contribution < 1.29 is 10.2 Å². The first-order valence-corrected chi connectivity index (χ1v) is 5.42. The number of hydrogen-bond donors (Lipinski definition) is 2. The molecule has 2 nitrogen and oxygen atoms in total. The monoisotopic (exact) mass is 186 g/mol. The highest BCUT2D eigenvalue weighted by atomic mass is 16.3. The van der Waals surface area contributed by atoms with Gasteiger partial charge in [-0.2, -0.15) is 0 Å². The van der Waals surface area contributed by atoms with E-state index in [1.807, 2.05) is 0 Å². The maximum absolute atomic E-state index is 9.89. The average Bonchev–Trinajstić information content (AvgIpc) is 2.28. The first-order chi connectivity index (χ1) is 6.02. The minimum absolute atomic E-state index is 0.308. The maximum atomic E-state index is 9.89. The molecule has 13 heavy (non-hydrogen) atoms. The fourth-order valence-corrected chi connectivity index (χ4v) is 2.20. The summed E-state index contributed by atoms with van der Waals surface area (Å²) in [6.45, 7) is 3.39. The van der Waals surface area contributed by atoms with E-state index in [2.05, 4.69) is 0 Å². The van der Waals surface area contributed by atoms with Crippen molar-refractivity contribution in [1.29, 1.82) is 0 Å². The summed E-state index contributed by atoms with van der Waals surface area (Å²) in [5.41, 5.74) is -0.936. The van der Waals surface area contributed by atoms with Gasteiger partial charge >= 0.3 is 0 Å². The van der Waals surface area contributed by atoms with Crippen LogP contribution in [0.1, 0.15) is 52.4 Å². The van der Waals surface area contributed by atoms with Gasteiger partial charge in [0.2, 0.25) is 0 Å². The summed E-state index contributed by atoms with van der Waals surface area (Å²) in [4.78, 5) is 0. The molecule has 1 aliphatic carbocycles. The van der Waals surface area contributed by atoms with E-state index in [4.69, 9.17) is 0 Å². The Morgan fingerprint density at radius 3 is 1.92 bits per heavy atom. The molecule has 78 valence electrons. The van der Waals surface area contributed by atoms with Crippen LogP contribution in [-0.4, -0.2) is 21.9 Å². The molecular formula is C11H22O2. The molecule has 0 aromatic heterocycles. The van der Waals surface area contributed by atoms with E-state index in [1.165, 1.54) is 25.7 Å². The first-order valence-electron chi connectivity index (χ1n) is 5.42. The van der Waals surface area contributed by atoms with Crippen LogP contribution in [0, 0.1) is 5.92 Å². The lowest BCUT2D eigenvalue weighted by molar-refractivity contribution is -0.0795. The van der Waals surface area contributed by atoms with Crippen molar-refractivity contribution >= 4 is 0 Å². The normalized spacial score (nSPS) is 24.0. The molecule has 2 N–H and O–H groups in total. The van der Waals surface area contributed by atoms with Crippen LogP contribution in [0.4, 0.5) is 0 Å². The Hall–Kier alpha value is -0.0800. The van der Waals surface area contributed by atoms with Gasteiger partial charge in [-0.25, -0.2) is 0 Å². The molecule has 1 atom stereocenters. The Labute approximate surface area is 81.0 Å². The van der Waals surface area contributed by atoms with Crippen molar-refractivity contribution in [3.05, 3.63) is 0 Å². The quantitative estimate of drug-likeness (QED) is 0.648. The Morgan fingerprint density at radius 2 is 1.54 bits per heavy atom. The summed E-state index contributed by atoms with van der Waals surface area (Å²) in [7, 11) is 0. The molecule has 0 aliphatic heterocycles. The second-order valence-corrected chi connectivity index (χ2v) is 4.85. The second-order valence-electron chi connectivity index (χ2n) is 4.85.